The maximum absolute atomic E-state index is 5.67. The molecule has 0 atom stereocenters. The van der Waals surface area contributed by atoms with E-state index < -0.39 is 0 Å². The molecule has 0 saturated heterocycles. The van der Waals surface area contributed by atoms with Gasteiger partial charge in [-0.25, -0.2) is 9.98 Å². The van der Waals surface area contributed by atoms with Crippen molar-refractivity contribution in [3.63, 3.8) is 0 Å². The molecule has 0 amide bonds. The molecule has 28 heavy (non-hydrogen) atoms. The van der Waals surface area contributed by atoms with Crippen LogP contribution >= 0.6 is 0 Å². The molecule has 0 unspecified atom stereocenters. The quantitative estimate of drug-likeness (QED) is 0.613. The minimum absolute atomic E-state index is 0.480. The number of ether oxygens (including phenoxy) is 3. The second-order valence-electron chi connectivity index (χ2n) is 6.41. The Bertz CT molecular complexity index is 814. The molecule has 0 N–H and O–H groups in total. The van der Waals surface area contributed by atoms with Crippen molar-refractivity contribution in [2.45, 2.75) is 13.8 Å². The van der Waals surface area contributed by atoms with Gasteiger partial charge in [-0.15, -0.1) is 0 Å². The summed E-state index contributed by atoms with van der Waals surface area (Å²) in [6.07, 6.45) is 5.99. The second kappa shape index (κ2) is 9.41. The van der Waals surface area contributed by atoms with Crippen LogP contribution in [0.15, 0.2) is 46.2 Å². The Morgan fingerprint density at radius 3 is 2.61 bits per heavy atom. The molecule has 0 radical (unpaired) electrons. The molecular weight excluding hydrogens is 356 g/mol. The monoisotopic (exact) mass is 384 g/mol. The van der Waals surface area contributed by atoms with E-state index in [0.717, 1.165) is 36.9 Å². The Balaban J connectivity index is 1.74. The number of hydrogen-bond acceptors (Lipinski definition) is 7. The number of amidine groups is 2. The zero-order chi connectivity index (χ0) is 19.9. The van der Waals surface area contributed by atoms with Crippen molar-refractivity contribution in [2.24, 2.45) is 9.98 Å². The van der Waals surface area contributed by atoms with Gasteiger partial charge in [0.15, 0.2) is 23.2 Å². The zero-order valence-corrected chi connectivity index (χ0v) is 17.0. The first-order valence-electron chi connectivity index (χ1n) is 9.54. The molecule has 7 heteroatoms. The number of rotatable bonds is 9. The predicted octanol–water partition coefficient (Wildman–Crippen LogP) is 3.00. The van der Waals surface area contributed by atoms with E-state index in [0.29, 0.717) is 30.5 Å². The van der Waals surface area contributed by atoms with Crippen LogP contribution in [0.3, 0.4) is 0 Å². The highest BCUT2D eigenvalue weighted by Gasteiger charge is 2.26. The van der Waals surface area contributed by atoms with E-state index in [9.17, 15) is 0 Å². The van der Waals surface area contributed by atoms with Gasteiger partial charge in [0.05, 0.1) is 20.4 Å². The molecule has 150 valence electrons. The lowest BCUT2D eigenvalue weighted by molar-refractivity contribution is 0.144. The predicted molar refractivity (Wildman–Crippen MR) is 112 cm³/mol. The van der Waals surface area contributed by atoms with E-state index >= 15 is 0 Å². The lowest BCUT2D eigenvalue weighted by Crippen LogP contribution is -2.43. The van der Waals surface area contributed by atoms with Crippen LogP contribution in [-0.2, 0) is 4.74 Å². The molecule has 0 bridgehead atoms. The van der Waals surface area contributed by atoms with Gasteiger partial charge in [0.25, 0.3) is 0 Å². The number of benzene rings is 1. The average Bonchev–Trinajstić information content (AvgIpc) is 3.15. The number of fused-ring (bicyclic) bond motifs is 1. The van der Waals surface area contributed by atoms with Crippen molar-refractivity contribution in [2.75, 3.05) is 47.2 Å². The molecule has 3 rings (SSSR count). The average molecular weight is 384 g/mol. The topological polar surface area (TPSA) is 58.9 Å². The standard InChI is InChI=1S/C21H28N4O3/c1-5-24-14-17-21(25(6-2)15-24)23-20(22-17)10-8-16-7-9-18(19(13-16)27-4)28-12-11-26-3/h7-10,13-14H,5-6,11-12,15H2,1-4H3. The molecule has 1 aromatic carbocycles. The largest absolute Gasteiger partial charge is 0.493 e. The first-order valence-corrected chi connectivity index (χ1v) is 9.54. The van der Waals surface area contributed by atoms with Gasteiger partial charge in [-0.05, 0) is 37.6 Å². The first-order chi connectivity index (χ1) is 13.7. The Morgan fingerprint density at radius 1 is 1.04 bits per heavy atom. The molecule has 0 fully saturated rings. The number of hydrogen-bond donors (Lipinski definition) is 0. The van der Waals surface area contributed by atoms with Gasteiger partial charge in [0.2, 0.25) is 0 Å². The van der Waals surface area contributed by atoms with E-state index in [1.807, 2.05) is 30.4 Å². The number of likely N-dealkylation sites (N-methyl/N-ethyl adjacent to an activating group) is 1. The summed E-state index contributed by atoms with van der Waals surface area (Å²) in [5, 5.41) is 0. The SMILES string of the molecule is CCN1C=C2N=C(C=Cc3ccc(OCCOC)c(OC)c3)N=C2N(CC)C1. The number of nitrogens with zero attached hydrogens (tertiary/aromatic N) is 4. The van der Waals surface area contributed by atoms with Crippen LogP contribution in [0.5, 0.6) is 11.5 Å². The summed E-state index contributed by atoms with van der Waals surface area (Å²) in [5.41, 5.74) is 1.92. The molecule has 1 aromatic rings. The lowest BCUT2D eigenvalue weighted by atomic mass is 10.2. The first kappa shape index (κ1) is 19.9. The Labute approximate surface area is 166 Å². The fourth-order valence-corrected chi connectivity index (χ4v) is 3.01. The fraction of sp³-hybridized carbons (Fsp3) is 0.429. The van der Waals surface area contributed by atoms with Gasteiger partial charge in [0.1, 0.15) is 12.3 Å². The Kier molecular flexibility index (Phi) is 6.71. The van der Waals surface area contributed by atoms with Gasteiger partial charge < -0.3 is 24.0 Å². The smallest absolute Gasteiger partial charge is 0.161 e. The van der Waals surface area contributed by atoms with Crippen LogP contribution < -0.4 is 9.47 Å². The fourth-order valence-electron chi connectivity index (χ4n) is 3.01. The van der Waals surface area contributed by atoms with Crippen molar-refractivity contribution in [3.05, 3.63) is 41.7 Å². The third-order valence-electron chi connectivity index (χ3n) is 4.59. The summed E-state index contributed by atoms with van der Waals surface area (Å²) < 4.78 is 16.1. The van der Waals surface area contributed by atoms with Crippen molar-refractivity contribution >= 4 is 17.7 Å². The van der Waals surface area contributed by atoms with Crippen LogP contribution in [0, 0.1) is 0 Å². The maximum Gasteiger partial charge on any atom is 0.161 e. The van der Waals surface area contributed by atoms with Crippen molar-refractivity contribution < 1.29 is 14.2 Å². The highest BCUT2D eigenvalue weighted by molar-refractivity contribution is 6.16. The van der Waals surface area contributed by atoms with E-state index in [-0.39, 0.29) is 0 Å². The summed E-state index contributed by atoms with van der Waals surface area (Å²) in [6.45, 7) is 7.99. The molecule has 0 aliphatic carbocycles. The Hall–Kier alpha value is -2.80. The van der Waals surface area contributed by atoms with Gasteiger partial charge in [-0.3, -0.25) is 0 Å². The van der Waals surface area contributed by atoms with Crippen LogP contribution in [0.25, 0.3) is 6.08 Å². The van der Waals surface area contributed by atoms with Gasteiger partial charge in [-0.2, -0.15) is 0 Å². The van der Waals surface area contributed by atoms with Gasteiger partial charge in [0, 0.05) is 26.4 Å². The summed E-state index contributed by atoms with van der Waals surface area (Å²) in [4.78, 5) is 13.8. The summed E-state index contributed by atoms with van der Waals surface area (Å²) in [6, 6.07) is 5.81. The molecule has 2 heterocycles. The van der Waals surface area contributed by atoms with E-state index in [4.69, 9.17) is 19.2 Å². The maximum atomic E-state index is 5.67. The van der Waals surface area contributed by atoms with E-state index in [1.54, 1.807) is 14.2 Å². The van der Waals surface area contributed by atoms with Crippen LogP contribution in [-0.4, -0.2) is 68.7 Å². The van der Waals surface area contributed by atoms with Crippen molar-refractivity contribution in [3.8, 4) is 11.5 Å². The minimum Gasteiger partial charge on any atom is -0.493 e. The van der Waals surface area contributed by atoms with Crippen LogP contribution in [0.1, 0.15) is 19.4 Å². The normalized spacial score (nSPS) is 16.1. The molecule has 7 nitrogen and oxygen atoms in total. The van der Waals surface area contributed by atoms with Crippen LogP contribution in [0.2, 0.25) is 0 Å². The van der Waals surface area contributed by atoms with Crippen LogP contribution in [0.4, 0.5) is 0 Å². The van der Waals surface area contributed by atoms with Gasteiger partial charge >= 0.3 is 0 Å². The summed E-state index contributed by atoms with van der Waals surface area (Å²) >= 11 is 0. The van der Waals surface area contributed by atoms with E-state index in [1.165, 1.54) is 0 Å². The van der Waals surface area contributed by atoms with Gasteiger partial charge in [-0.1, -0.05) is 12.1 Å². The molecular formula is C21H28N4O3. The third-order valence-corrected chi connectivity index (χ3v) is 4.59. The molecule has 2 aliphatic heterocycles. The molecule has 0 aromatic heterocycles. The Morgan fingerprint density at radius 2 is 1.89 bits per heavy atom. The number of methoxy groups -OCH3 is 2. The molecule has 0 spiro atoms. The van der Waals surface area contributed by atoms with E-state index in [2.05, 4.69) is 34.8 Å². The minimum atomic E-state index is 0.480. The zero-order valence-electron chi connectivity index (χ0n) is 17.0. The molecule has 0 saturated carbocycles. The third kappa shape index (κ3) is 4.54. The highest BCUT2D eigenvalue weighted by atomic mass is 16.5. The van der Waals surface area contributed by atoms with Crippen molar-refractivity contribution in [1.29, 1.82) is 0 Å². The molecule has 2 aliphatic rings. The summed E-state index contributed by atoms with van der Waals surface area (Å²) in [5.74, 6) is 3.04. The number of aliphatic imine (C=N–C) groups is 2. The lowest BCUT2D eigenvalue weighted by Gasteiger charge is -2.33. The van der Waals surface area contributed by atoms with Crippen molar-refractivity contribution in [1.82, 2.24) is 9.80 Å². The second-order valence-corrected chi connectivity index (χ2v) is 6.41. The highest BCUT2D eigenvalue weighted by Crippen LogP contribution is 2.29. The summed E-state index contributed by atoms with van der Waals surface area (Å²) in [7, 11) is 3.28.